The van der Waals surface area contributed by atoms with E-state index in [2.05, 4.69) is 0 Å². The van der Waals surface area contributed by atoms with Crippen LogP contribution in [0.2, 0.25) is 5.02 Å². The lowest BCUT2D eigenvalue weighted by atomic mass is 10.1. The van der Waals surface area contributed by atoms with Crippen molar-refractivity contribution in [1.82, 2.24) is 0 Å². The van der Waals surface area contributed by atoms with Crippen molar-refractivity contribution in [2.24, 2.45) is 0 Å². The number of methoxy groups -OCH3 is 1. The first-order valence-electron chi connectivity index (χ1n) is 4.32. The maximum Gasteiger partial charge on any atom is 0.183 e. The minimum absolute atomic E-state index is 0.0506. The highest BCUT2D eigenvalue weighted by Gasteiger charge is 2.12. The number of rotatable bonds is 4. The molecular formula is C10H12ClFO2. The number of aliphatic hydroxyl groups excluding tert-OH is 1. The molecule has 0 saturated carbocycles. The zero-order valence-corrected chi connectivity index (χ0v) is 8.64. The van der Waals surface area contributed by atoms with Crippen LogP contribution in [-0.4, -0.2) is 18.8 Å². The predicted molar refractivity (Wildman–Crippen MR) is 53.4 cm³/mol. The van der Waals surface area contributed by atoms with Gasteiger partial charge in [-0.05, 0) is 24.5 Å². The average Bonchev–Trinajstić information content (AvgIpc) is 2.20. The van der Waals surface area contributed by atoms with E-state index >= 15 is 0 Å². The van der Waals surface area contributed by atoms with E-state index in [9.17, 15) is 4.39 Å². The molecule has 0 radical (unpaired) electrons. The van der Waals surface area contributed by atoms with Crippen LogP contribution in [-0.2, 0) is 6.42 Å². The number of halogens is 2. The fraction of sp³-hybridized carbons (Fsp3) is 0.400. The average molecular weight is 219 g/mol. The highest BCUT2D eigenvalue weighted by atomic mass is 35.5. The third kappa shape index (κ3) is 2.36. The van der Waals surface area contributed by atoms with Crippen LogP contribution in [0.4, 0.5) is 4.39 Å². The van der Waals surface area contributed by atoms with Crippen LogP contribution in [0, 0.1) is 5.82 Å². The summed E-state index contributed by atoms with van der Waals surface area (Å²) in [6, 6.07) is 3.20. The van der Waals surface area contributed by atoms with Gasteiger partial charge in [-0.15, -0.1) is 0 Å². The molecule has 1 N–H and O–H groups in total. The van der Waals surface area contributed by atoms with Crippen molar-refractivity contribution < 1.29 is 14.2 Å². The van der Waals surface area contributed by atoms with Crippen LogP contribution in [0.3, 0.4) is 0 Å². The molecule has 0 aromatic heterocycles. The number of hydrogen-bond acceptors (Lipinski definition) is 2. The first kappa shape index (κ1) is 11.3. The van der Waals surface area contributed by atoms with Crippen molar-refractivity contribution in [3.63, 3.8) is 0 Å². The predicted octanol–water partition coefficient (Wildman–Crippen LogP) is 2.41. The van der Waals surface area contributed by atoms with Crippen LogP contribution in [0.15, 0.2) is 12.1 Å². The van der Waals surface area contributed by atoms with Crippen LogP contribution in [0.25, 0.3) is 0 Å². The molecule has 1 aromatic carbocycles. The Balaban J connectivity index is 2.98. The topological polar surface area (TPSA) is 29.5 Å². The largest absolute Gasteiger partial charge is 0.493 e. The van der Waals surface area contributed by atoms with Crippen molar-refractivity contribution >= 4 is 11.6 Å². The number of benzene rings is 1. The maximum atomic E-state index is 13.4. The zero-order chi connectivity index (χ0) is 10.6. The van der Waals surface area contributed by atoms with Crippen molar-refractivity contribution in [1.29, 1.82) is 0 Å². The van der Waals surface area contributed by atoms with Gasteiger partial charge in [-0.25, -0.2) is 4.39 Å². The smallest absolute Gasteiger partial charge is 0.183 e. The molecule has 0 aliphatic carbocycles. The highest BCUT2D eigenvalue weighted by Crippen LogP contribution is 2.29. The highest BCUT2D eigenvalue weighted by molar-refractivity contribution is 6.30. The van der Waals surface area contributed by atoms with Gasteiger partial charge in [-0.1, -0.05) is 17.7 Å². The Hall–Kier alpha value is -0.800. The second-order valence-corrected chi connectivity index (χ2v) is 3.29. The molecule has 4 heteroatoms. The summed E-state index contributed by atoms with van der Waals surface area (Å²) in [6.07, 6.45) is 1.16. The van der Waals surface area contributed by atoms with Crippen molar-refractivity contribution in [3.05, 3.63) is 28.5 Å². The third-order valence-electron chi connectivity index (χ3n) is 1.94. The number of aryl methyl sites for hydroxylation is 1. The molecule has 0 atom stereocenters. The molecule has 1 rings (SSSR count). The Bertz CT molecular complexity index is 315. The van der Waals surface area contributed by atoms with Crippen molar-refractivity contribution in [2.45, 2.75) is 12.8 Å². The summed E-state index contributed by atoms with van der Waals surface area (Å²) in [5, 5.41) is 8.70. The van der Waals surface area contributed by atoms with Gasteiger partial charge in [0.25, 0.3) is 0 Å². The lowest BCUT2D eigenvalue weighted by Gasteiger charge is -2.09. The number of hydrogen-bond donors (Lipinski definition) is 1. The summed E-state index contributed by atoms with van der Waals surface area (Å²) in [5.74, 6) is -0.365. The van der Waals surface area contributed by atoms with Crippen LogP contribution >= 0.6 is 11.6 Å². The zero-order valence-electron chi connectivity index (χ0n) is 7.89. The molecule has 0 aliphatic heterocycles. The quantitative estimate of drug-likeness (QED) is 0.841. The van der Waals surface area contributed by atoms with E-state index < -0.39 is 5.82 Å². The fourth-order valence-electron chi connectivity index (χ4n) is 1.26. The minimum atomic E-state index is -0.537. The van der Waals surface area contributed by atoms with Crippen LogP contribution in [0.5, 0.6) is 5.75 Å². The molecule has 1 aromatic rings. The normalized spacial score (nSPS) is 10.3. The lowest BCUT2D eigenvalue weighted by Crippen LogP contribution is -1.97. The van der Waals surface area contributed by atoms with E-state index in [0.29, 0.717) is 12.8 Å². The van der Waals surface area contributed by atoms with E-state index in [1.165, 1.54) is 13.2 Å². The van der Waals surface area contributed by atoms with Crippen molar-refractivity contribution in [2.75, 3.05) is 13.7 Å². The monoisotopic (exact) mass is 218 g/mol. The van der Waals surface area contributed by atoms with E-state index in [1.807, 2.05) is 0 Å². The van der Waals surface area contributed by atoms with Gasteiger partial charge in [0.1, 0.15) is 0 Å². The Labute approximate surface area is 87.3 Å². The molecule has 78 valence electrons. The van der Waals surface area contributed by atoms with E-state index in [0.717, 1.165) is 5.56 Å². The molecule has 0 aliphatic rings. The Morgan fingerprint density at radius 3 is 2.79 bits per heavy atom. The van der Waals surface area contributed by atoms with Gasteiger partial charge in [0.2, 0.25) is 0 Å². The molecule has 2 nitrogen and oxygen atoms in total. The molecule has 0 fully saturated rings. The third-order valence-corrected chi connectivity index (χ3v) is 2.23. The minimum Gasteiger partial charge on any atom is -0.493 e. The van der Waals surface area contributed by atoms with Gasteiger partial charge in [-0.3, -0.25) is 0 Å². The molecule has 0 unspecified atom stereocenters. The molecule has 0 saturated heterocycles. The Morgan fingerprint density at radius 1 is 1.50 bits per heavy atom. The summed E-state index contributed by atoms with van der Waals surface area (Å²) >= 11 is 5.59. The van der Waals surface area contributed by atoms with E-state index in [1.54, 1.807) is 6.07 Å². The van der Waals surface area contributed by atoms with Crippen LogP contribution < -0.4 is 4.74 Å². The summed E-state index contributed by atoms with van der Waals surface area (Å²) in [4.78, 5) is 0. The second-order valence-electron chi connectivity index (χ2n) is 2.88. The second kappa shape index (κ2) is 5.17. The van der Waals surface area contributed by atoms with Crippen molar-refractivity contribution in [3.8, 4) is 5.75 Å². The van der Waals surface area contributed by atoms with Gasteiger partial charge in [0.05, 0.1) is 12.1 Å². The SMILES string of the molecule is COc1c(CCCO)ccc(Cl)c1F. The summed E-state index contributed by atoms with van der Waals surface area (Å²) in [7, 11) is 1.40. The van der Waals surface area contributed by atoms with Gasteiger partial charge in [0.15, 0.2) is 11.6 Å². The Kier molecular flexibility index (Phi) is 4.17. The summed E-state index contributed by atoms with van der Waals surface area (Å²) in [5.41, 5.74) is 0.725. The molecule has 0 amide bonds. The van der Waals surface area contributed by atoms with E-state index in [-0.39, 0.29) is 17.4 Å². The Morgan fingerprint density at radius 2 is 2.21 bits per heavy atom. The summed E-state index contributed by atoms with van der Waals surface area (Å²) < 4.78 is 18.3. The van der Waals surface area contributed by atoms with Crippen LogP contribution in [0.1, 0.15) is 12.0 Å². The maximum absolute atomic E-state index is 13.4. The van der Waals surface area contributed by atoms with Gasteiger partial charge < -0.3 is 9.84 Å². The van der Waals surface area contributed by atoms with Gasteiger partial charge in [-0.2, -0.15) is 0 Å². The van der Waals surface area contributed by atoms with Gasteiger partial charge >= 0.3 is 0 Å². The van der Waals surface area contributed by atoms with Gasteiger partial charge in [0, 0.05) is 6.61 Å². The fourth-order valence-corrected chi connectivity index (χ4v) is 1.41. The molecule has 0 heterocycles. The first-order chi connectivity index (χ1) is 6.70. The van der Waals surface area contributed by atoms with E-state index in [4.69, 9.17) is 21.4 Å². The number of ether oxygens (including phenoxy) is 1. The summed E-state index contributed by atoms with van der Waals surface area (Å²) in [6.45, 7) is 0.0768. The molecule has 0 spiro atoms. The molecular weight excluding hydrogens is 207 g/mol. The first-order valence-corrected chi connectivity index (χ1v) is 4.70. The lowest BCUT2D eigenvalue weighted by molar-refractivity contribution is 0.287. The standard InChI is InChI=1S/C10H12ClFO2/c1-14-10-7(3-2-6-13)4-5-8(11)9(10)12/h4-5,13H,2-3,6H2,1H3. The molecule has 14 heavy (non-hydrogen) atoms. The molecule has 0 bridgehead atoms. The number of aliphatic hydroxyl groups is 1.